The number of carbonyl (C=O) groups excluding carboxylic acids is 3. The summed E-state index contributed by atoms with van der Waals surface area (Å²) in [6, 6.07) is 12.2. The van der Waals surface area contributed by atoms with Gasteiger partial charge in [-0.2, -0.15) is 0 Å². The van der Waals surface area contributed by atoms with Crippen molar-refractivity contribution in [2.75, 3.05) is 18.6 Å². The van der Waals surface area contributed by atoms with E-state index in [2.05, 4.69) is 20.0 Å². The first kappa shape index (κ1) is 25.2. The van der Waals surface area contributed by atoms with Crippen LogP contribution in [0.4, 0.5) is 10.5 Å². The van der Waals surface area contributed by atoms with Crippen LogP contribution in [-0.2, 0) is 23.9 Å². The van der Waals surface area contributed by atoms with Gasteiger partial charge in [-0.3, -0.25) is 19.3 Å². The number of aromatic nitrogens is 2. The molecule has 11 heteroatoms. The Kier molecular flexibility index (Phi) is 7.69. The zero-order valence-corrected chi connectivity index (χ0v) is 19.5. The minimum Gasteiger partial charge on any atom is -0.481 e. The average Bonchev–Trinajstić information content (AvgIpc) is 3.28. The molecule has 0 saturated carbocycles. The largest absolute Gasteiger partial charge is 0.508 e. The second kappa shape index (κ2) is 10.7. The Morgan fingerprint density at radius 1 is 1.14 bits per heavy atom. The van der Waals surface area contributed by atoms with E-state index >= 15 is 0 Å². The maximum Gasteiger partial charge on any atom is 0.508 e. The Morgan fingerprint density at radius 3 is 2.51 bits per heavy atom. The molecular weight excluding hydrogens is 456 g/mol. The van der Waals surface area contributed by atoms with E-state index in [1.54, 1.807) is 62.4 Å². The number of aliphatic carboxylic acids is 1. The van der Waals surface area contributed by atoms with Crippen molar-refractivity contribution >= 4 is 40.7 Å². The molecular formula is C24H26N4O7. The molecule has 2 amide bonds. The number of carbonyl (C=O) groups is 4. The molecule has 3 rings (SSSR count). The van der Waals surface area contributed by atoms with Crippen LogP contribution >= 0.6 is 0 Å². The minimum atomic E-state index is -1.33. The summed E-state index contributed by atoms with van der Waals surface area (Å²) in [5.74, 6) is -2.72. The number of amides is 2. The summed E-state index contributed by atoms with van der Waals surface area (Å²) >= 11 is 0. The molecule has 0 fully saturated rings. The lowest BCUT2D eigenvalue weighted by molar-refractivity contribution is -0.140. The third-order valence-corrected chi connectivity index (χ3v) is 5.09. The van der Waals surface area contributed by atoms with E-state index in [0.29, 0.717) is 22.3 Å². The maximum absolute atomic E-state index is 13.5. The Labute approximate surface area is 201 Å². The highest BCUT2D eigenvalue weighted by Gasteiger charge is 2.35. The summed E-state index contributed by atoms with van der Waals surface area (Å²) in [4.78, 5) is 57.9. The summed E-state index contributed by atoms with van der Waals surface area (Å²) in [5.41, 5.74) is 0.883. The van der Waals surface area contributed by atoms with E-state index in [0.717, 1.165) is 4.90 Å². The molecule has 3 N–H and O–H groups in total. The van der Waals surface area contributed by atoms with Gasteiger partial charge in [-0.05, 0) is 37.6 Å². The fourth-order valence-corrected chi connectivity index (χ4v) is 3.47. The first-order valence-corrected chi connectivity index (χ1v) is 10.7. The van der Waals surface area contributed by atoms with Gasteiger partial charge in [0.05, 0.1) is 31.0 Å². The van der Waals surface area contributed by atoms with Gasteiger partial charge in [-0.1, -0.05) is 30.3 Å². The number of benzene rings is 2. The molecule has 1 aromatic heterocycles. The Balaban J connectivity index is 2.02. The van der Waals surface area contributed by atoms with Crippen LogP contribution in [0.3, 0.4) is 0 Å². The number of fused-ring (bicyclic) bond motifs is 1. The predicted octanol–water partition coefficient (Wildman–Crippen LogP) is 2.79. The molecule has 11 nitrogen and oxygen atoms in total. The molecule has 2 aromatic carbocycles. The Bertz CT molecular complexity index is 1220. The Morgan fingerprint density at radius 2 is 1.86 bits per heavy atom. The van der Waals surface area contributed by atoms with Crippen molar-refractivity contribution in [2.45, 2.75) is 31.9 Å². The number of ether oxygens (including phenoxy) is 2. The number of anilines is 1. The molecule has 0 aliphatic carbocycles. The molecule has 0 bridgehead atoms. The summed E-state index contributed by atoms with van der Waals surface area (Å²) in [6.45, 7) is 3.07. The van der Waals surface area contributed by atoms with Gasteiger partial charge in [0.2, 0.25) is 11.8 Å². The van der Waals surface area contributed by atoms with Crippen LogP contribution in [0, 0.1) is 0 Å². The second-order valence-corrected chi connectivity index (χ2v) is 8.29. The van der Waals surface area contributed by atoms with E-state index in [-0.39, 0.29) is 6.54 Å². The zero-order chi connectivity index (χ0) is 25.6. The summed E-state index contributed by atoms with van der Waals surface area (Å²) in [5, 5.41) is 12.0. The van der Waals surface area contributed by atoms with Gasteiger partial charge in [0.15, 0.2) is 0 Å². The number of rotatable bonds is 9. The van der Waals surface area contributed by atoms with Crippen LogP contribution in [0.25, 0.3) is 11.0 Å². The SMILES string of the molecule is COC(=O)OC(C)(C)CNC(=O)C(c1ccccc1)N(C(=O)CC(=O)O)c1ccc2[nH]cnc2c1. The van der Waals surface area contributed by atoms with E-state index in [4.69, 9.17) is 4.74 Å². The molecule has 0 saturated heterocycles. The molecule has 184 valence electrons. The van der Waals surface area contributed by atoms with Gasteiger partial charge in [0, 0.05) is 5.69 Å². The molecule has 1 heterocycles. The van der Waals surface area contributed by atoms with Crippen molar-refractivity contribution < 1.29 is 33.8 Å². The number of aromatic amines is 1. The van der Waals surface area contributed by atoms with Gasteiger partial charge >= 0.3 is 12.1 Å². The normalized spacial score (nSPS) is 12.0. The second-order valence-electron chi connectivity index (χ2n) is 8.29. The number of hydrogen-bond donors (Lipinski definition) is 3. The number of hydrogen-bond acceptors (Lipinski definition) is 7. The standard InChI is InChI=1S/C24H26N4O7/c1-24(2,35-23(33)34-3)13-25-22(32)21(15-7-5-4-6-8-15)28(19(29)12-20(30)31)16-9-10-17-18(11-16)27-14-26-17/h4-11,14,21H,12-13H2,1-3H3,(H,25,32)(H,26,27)(H,30,31). The first-order valence-electron chi connectivity index (χ1n) is 10.7. The fourth-order valence-electron chi connectivity index (χ4n) is 3.47. The summed E-state index contributed by atoms with van der Waals surface area (Å²) < 4.78 is 9.67. The highest BCUT2D eigenvalue weighted by atomic mass is 16.7. The number of methoxy groups -OCH3 is 1. The number of carboxylic acid groups (broad SMARTS) is 1. The van der Waals surface area contributed by atoms with Crippen LogP contribution in [0.5, 0.6) is 0 Å². The smallest absolute Gasteiger partial charge is 0.481 e. The van der Waals surface area contributed by atoms with Crippen LogP contribution in [0.1, 0.15) is 31.9 Å². The van der Waals surface area contributed by atoms with Crippen molar-refractivity contribution in [3.05, 3.63) is 60.4 Å². The third-order valence-electron chi connectivity index (χ3n) is 5.09. The highest BCUT2D eigenvalue weighted by molar-refractivity contribution is 6.07. The molecule has 0 aliphatic heterocycles. The zero-order valence-electron chi connectivity index (χ0n) is 19.5. The lowest BCUT2D eigenvalue weighted by Gasteiger charge is -2.32. The molecule has 0 spiro atoms. The molecule has 3 aromatic rings. The quantitative estimate of drug-likeness (QED) is 0.311. The van der Waals surface area contributed by atoms with Gasteiger partial charge < -0.3 is 24.9 Å². The number of nitrogens with one attached hydrogen (secondary N) is 2. The van der Waals surface area contributed by atoms with Gasteiger partial charge in [-0.25, -0.2) is 9.78 Å². The Hall–Kier alpha value is -4.41. The fraction of sp³-hybridized carbons (Fsp3) is 0.292. The van der Waals surface area contributed by atoms with Crippen LogP contribution in [0.15, 0.2) is 54.9 Å². The molecule has 35 heavy (non-hydrogen) atoms. The van der Waals surface area contributed by atoms with Crippen LogP contribution < -0.4 is 10.2 Å². The molecule has 1 unspecified atom stereocenters. The minimum absolute atomic E-state index is 0.0936. The summed E-state index contributed by atoms with van der Waals surface area (Å²) in [6.07, 6.45) is -0.246. The van der Waals surface area contributed by atoms with Gasteiger partial charge in [0.25, 0.3) is 0 Å². The number of carboxylic acids is 1. The van der Waals surface area contributed by atoms with E-state index in [1.165, 1.54) is 13.4 Å². The number of H-pyrrole nitrogens is 1. The van der Waals surface area contributed by atoms with Crippen LogP contribution in [-0.4, -0.2) is 58.3 Å². The summed E-state index contributed by atoms with van der Waals surface area (Å²) in [7, 11) is 1.17. The van der Waals surface area contributed by atoms with Crippen molar-refractivity contribution in [3.63, 3.8) is 0 Å². The highest BCUT2D eigenvalue weighted by Crippen LogP contribution is 2.30. The lowest BCUT2D eigenvalue weighted by Crippen LogP contribution is -2.48. The van der Waals surface area contributed by atoms with E-state index in [1.807, 2.05) is 0 Å². The van der Waals surface area contributed by atoms with Crippen LogP contribution in [0.2, 0.25) is 0 Å². The average molecular weight is 482 g/mol. The van der Waals surface area contributed by atoms with Crippen molar-refractivity contribution in [2.24, 2.45) is 0 Å². The molecule has 1 atom stereocenters. The van der Waals surface area contributed by atoms with Crippen molar-refractivity contribution in [1.82, 2.24) is 15.3 Å². The van der Waals surface area contributed by atoms with Crippen molar-refractivity contribution in [3.8, 4) is 0 Å². The number of nitrogens with zero attached hydrogens (tertiary/aromatic N) is 2. The lowest BCUT2D eigenvalue weighted by atomic mass is 10.0. The van der Waals surface area contributed by atoms with E-state index < -0.39 is 42.0 Å². The maximum atomic E-state index is 13.5. The van der Waals surface area contributed by atoms with E-state index in [9.17, 15) is 24.3 Å². The van der Waals surface area contributed by atoms with Gasteiger partial charge in [0.1, 0.15) is 18.1 Å². The van der Waals surface area contributed by atoms with Gasteiger partial charge in [-0.15, -0.1) is 0 Å². The van der Waals surface area contributed by atoms with Crippen molar-refractivity contribution in [1.29, 1.82) is 0 Å². The molecule has 0 radical (unpaired) electrons. The third kappa shape index (κ3) is 6.34. The monoisotopic (exact) mass is 482 g/mol. The predicted molar refractivity (Wildman–Crippen MR) is 126 cm³/mol. The number of imidazole rings is 1. The topological polar surface area (TPSA) is 151 Å². The first-order chi connectivity index (χ1) is 16.6. The molecule has 0 aliphatic rings.